The quantitative estimate of drug-likeness (QED) is 0.836. The normalized spacial score (nSPS) is 21.6. The Bertz CT molecular complexity index is 365. The summed E-state index contributed by atoms with van der Waals surface area (Å²) < 4.78 is 0. The van der Waals surface area contributed by atoms with Crippen LogP contribution in [0.5, 0.6) is 0 Å². The van der Waals surface area contributed by atoms with Crippen LogP contribution in [0.4, 0.5) is 5.69 Å². The molecule has 3 heteroatoms. The number of fused-ring (bicyclic) bond motifs is 1. The van der Waals surface area contributed by atoms with Crippen LogP contribution < -0.4 is 4.90 Å². The van der Waals surface area contributed by atoms with Crippen LogP contribution in [0.1, 0.15) is 19.4 Å². The molecule has 0 fully saturated rings. The SMILES string of the molecule is CCN1c2ccc(Cl)cc2CC1C(C)O. The summed E-state index contributed by atoms with van der Waals surface area (Å²) >= 11 is 5.96. The molecule has 0 saturated heterocycles. The van der Waals surface area contributed by atoms with Gasteiger partial charge in [-0.15, -0.1) is 0 Å². The molecule has 82 valence electrons. The number of hydrogen-bond donors (Lipinski definition) is 1. The molecule has 0 amide bonds. The second-order valence-corrected chi connectivity index (χ2v) is 4.51. The molecule has 1 N–H and O–H groups in total. The molecule has 0 aromatic heterocycles. The Morgan fingerprint density at radius 3 is 2.93 bits per heavy atom. The van der Waals surface area contributed by atoms with E-state index in [9.17, 15) is 5.11 Å². The summed E-state index contributed by atoms with van der Waals surface area (Å²) in [4.78, 5) is 2.25. The summed E-state index contributed by atoms with van der Waals surface area (Å²) in [5, 5.41) is 10.5. The number of benzene rings is 1. The van der Waals surface area contributed by atoms with Crippen LogP contribution in [0.15, 0.2) is 18.2 Å². The zero-order valence-corrected chi connectivity index (χ0v) is 9.83. The van der Waals surface area contributed by atoms with Crippen LogP contribution in [-0.4, -0.2) is 23.8 Å². The van der Waals surface area contributed by atoms with Gasteiger partial charge in [0.25, 0.3) is 0 Å². The summed E-state index contributed by atoms with van der Waals surface area (Å²) in [6.45, 7) is 4.88. The van der Waals surface area contributed by atoms with Crippen LogP contribution >= 0.6 is 11.6 Å². The van der Waals surface area contributed by atoms with Crippen molar-refractivity contribution in [3.8, 4) is 0 Å². The molecule has 0 radical (unpaired) electrons. The second-order valence-electron chi connectivity index (χ2n) is 4.07. The van der Waals surface area contributed by atoms with Crippen molar-refractivity contribution in [2.75, 3.05) is 11.4 Å². The Balaban J connectivity index is 2.37. The molecule has 1 aliphatic rings. The Morgan fingerprint density at radius 2 is 2.33 bits per heavy atom. The lowest BCUT2D eigenvalue weighted by atomic mass is 10.1. The molecule has 1 aromatic rings. The molecule has 2 unspecified atom stereocenters. The van der Waals surface area contributed by atoms with Gasteiger partial charge in [-0.1, -0.05) is 11.6 Å². The standard InChI is InChI=1S/C12H16ClNO/c1-3-14-11-5-4-10(13)6-9(11)7-12(14)8(2)15/h4-6,8,12,15H,3,7H2,1-2H3. The Kier molecular flexibility index (Phi) is 2.89. The van der Waals surface area contributed by atoms with Crippen LogP contribution in [0.3, 0.4) is 0 Å². The molecule has 0 saturated carbocycles. The third-order valence-corrected chi connectivity index (χ3v) is 3.31. The number of anilines is 1. The third kappa shape index (κ3) is 1.84. The Hall–Kier alpha value is -0.730. The van der Waals surface area contributed by atoms with Crippen LogP contribution in [-0.2, 0) is 6.42 Å². The first-order valence-electron chi connectivity index (χ1n) is 5.36. The highest BCUT2D eigenvalue weighted by Crippen LogP contribution is 2.34. The minimum absolute atomic E-state index is 0.198. The minimum atomic E-state index is -0.309. The van der Waals surface area contributed by atoms with Gasteiger partial charge in [0.05, 0.1) is 12.1 Å². The lowest BCUT2D eigenvalue weighted by Gasteiger charge is -2.28. The van der Waals surface area contributed by atoms with Gasteiger partial charge in [0.2, 0.25) is 0 Å². The first-order valence-corrected chi connectivity index (χ1v) is 5.74. The van der Waals surface area contributed by atoms with Crippen LogP contribution in [0, 0.1) is 0 Å². The highest BCUT2D eigenvalue weighted by molar-refractivity contribution is 6.30. The molecular formula is C12H16ClNO. The number of hydrogen-bond acceptors (Lipinski definition) is 2. The highest BCUT2D eigenvalue weighted by atomic mass is 35.5. The second kappa shape index (κ2) is 4.03. The van der Waals surface area contributed by atoms with Gasteiger partial charge in [-0.2, -0.15) is 0 Å². The maximum absolute atomic E-state index is 9.72. The molecule has 1 aliphatic heterocycles. The number of nitrogens with zero attached hydrogens (tertiary/aromatic N) is 1. The summed E-state index contributed by atoms with van der Waals surface area (Å²) in [6, 6.07) is 6.15. The van der Waals surface area contributed by atoms with E-state index in [-0.39, 0.29) is 12.1 Å². The smallest absolute Gasteiger partial charge is 0.0718 e. The van der Waals surface area contributed by atoms with Crippen molar-refractivity contribution in [2.24, 2.45) is 0 Å². The fourth-order valence-corrected chi connectivity index (χ4v) is 2.54. The monoisotopic (exact) mass is 225 g/mol. The van der Waals surface area contributed by atoms with E-state index in [0.717, 1.165) is 18.0 Å². The van der Waals surface area contributed by atoms with Crippen LogP contribution in [0.25, 0.3) is 0 Å². The first kappa shape index (κ1) is 10.8. The molecular weight excluding hydrogens is 210 g/mol. The number of aliphatic hydroxyl groups excluding tert-OH is 1. The van der Waals surface area contributed by atoms with E-state index in [1.807, 2.05) is 25.1 Å². The van der Waals surface area contributed by atoms with Gasteiger partial charge in [0.1, 0.15) is 0 Å². The van der Waals surface area contributed by atoms with E-state index >= 15 is 0 Å². The molecule has 1 aromatic carbocycles. The van der Waals surface area contributed by atoms with E-state index in [1.54, 1.807) is 0 Å². The molecule has 0 spiro atoms. The number of rotatable bonds is 2. The van der Waals surface area contributed by atoms with Crippen molar-refractivity contribution in [2.45, 2.75) is 32.4 Å². The highest BCUT2D eigenvalue weighted by Gasteiger charge is 2.31. The average Bonchev–Trinajstić information content (AvgIpc) is 2.55. The van der Waals surface area contributed by atoms with Crippen molar-refractivity contribution in [1.82, 2.24) is 0 Å². The Labute approximate surface area is 95.5 Å². The van der Waals surface area contributed by atoms with Gasteiger partial charge >= 0.3 is 0 Å². The van der Waals surface area contributed by atoms with Gasteiger partial charge in [0.15, 0.2) is 0 Å². The van der Waals surface area contributed by atoms with Gasteiger partial charge in [-0.3, -0.25) is 0 Å². The van der Waals surface area contributed by atoms with Gasteiger partial charge in [-0.25, -0.2) is 0 Å². The van der Waals surface area contributed by atoms with Gasteiger partial charge in [-0.05, 0) is 44.0 Å². The third-order valence-electron chi connectivity index (χ3n) is 3.08. The molecule has 2 nitrogen and oxygen atoms in total. The molecule has 1 heterocycles. The van der Waals surface area contributed by atoms with E-state index in [0.29, 0.717) is 0 Å². The maximum atomic E-state index is 9.72. The zero-order chi connectivity index (χ0) is 11.0. The number of aliphatic hydroxyl groups is 1. The number of halogens is 1. The molecule has 2 atom stereocenters. The Morgan fingerprint density at radius 1 is 1.60 bits per heavy atom. The fourth-order valence-electron chi connectivity index (χ4n) is 2.35. The van der Waals surface area contributed by atoms with Crippen molar-refractivity contribution < 1.29 is 5.11 Å². The molecule has 0 bridgehead atoms. The van der Waals surface area contributed by atoms with Crippen molar-refractivity contribution in [1.29, 1.82) is 0 Å². The van der Waals surface area contributed by atoms with Crippen LogP contribution in [0.2, 0.25) is 5.02 Å². The fraction of sp³-hybridized carbons (Fsp3) is 0.500. The van der Waals surface area contributed by atoms with Gasteiger partial charge in [0, 0.05) is 17.3 Å². The zero-order valence-electron chi connectivity index (χ0n) is 9.07. The minimum Gasteiger partial charge on any atom is -0.391 e. The molecule has 15 heavy (non-hydrogen) atoms. The predicted octanol–water partition coefficient (Wildman–Crippen LogP) is 2.47. The van der Waals surface area contributed by atoms with Crippen molar-refractivity contribution >= 4 is 17.3 Å². The summed E-state index contributed by atoms with van der Waals surface area (Å²) in [5.74, 6) is 0. The molecule has 2 rings (SSSR count). The topological polar surface area (TPSA) is 23.5 Å². The lowest BCUT2D eigenvalue weighted by Crippen LogP contribution is -2.39. The summed E-state index contributed by atoms with van der Waals surface area (Å²) in [5.41, 5.74) is 2.46. The number of likely N-dealkylation sites (N-methyl/N-ethyl adjacent to an activating group) is 1. The van der Waals surface area contributed by atoms with Gasteiger partial charge < -0.3 is 10.0 Å². The predicted molar refractivity (Wildman–Crippen MR) is 63.6 cm³/mol. The van der Waals surface area contributed by atoms with E-state index in [2.05, 4.69) is 11.8 Å². The lowest BCUT2D eigenvalue weighted by molar-refractivity contribution is 0.162. The average molecular weight is 226 g/mol. The van der Waals surface area contributed by atoms with E-state index in [4.69, 9.17) is 11.6 Å². The first-order chi connectivity index (χ1) is 7.13. The maximum Gasteiger partial charge on any atom is 0.0718 e. The molecule has 0 aliphatic carbocycles. The largest absolute Gasteiger partial charge is 0.391 e. The van der Waals surface area contributed by atoms with Crippen molar-refractivity contribution in [3.63, 3.8) is 0 Å². The van der Waals surface area contributed by atoms with E-state index < -0.39 is 0 Å². The van der Waals surface area contributed by atoms with E-state index in [1.165, 1.54) is 11.3 Å². The van der Waals surface area contributed by atoms with Crippen molar-refractivity contribution in [3.05, 3.63) is 28.8 Å². The summed E-state index contributed by atoms with van der Waals surface area (Å²) in [6.07, 6.45) is 0.581. The summed E-state index contributed by atoms with van der Waals surface area (Å²) in [7, 11) is 0.